The third-order valence-corrected chi connectivity index (χ3v) is 11.5. The summed E-state index contributed by atoms with van der Waals surface area (Å²) in [6, 6.07) is 63.0. The van der Waals surface area contributed by atoms with E-state index in [1.54, 1.807) is 0 Å². The molecule has 0 atom stereocenters. The zero-order valence-corrected chi connectivity index (χ0v) is 30.0. The molecular weight excluding hydrogens is 659 g/mol. The lowest BCUT2D eigenvalue weighted by molar-refractivity contribution is 0.488. The fourth-order valence-corrected chi connectivity index (χ4v) is 8.85. The van der Waals surface area contributed by atoms with E-state index in [0.717, 1.165) is 83.9 Å². The van der Waals surface area contributed by atoms with Crippen LogP contribution in [0.1, 0.15) is 25.0 Å². The first-order valence-electron chi connectivity index (χ1n) is 18.6. The van der Waals surface area contributed by atoms with Crippen molar-refractivity contribution in [1.82, 2.24) is 0 Å². The predicted octanol–water partition coefficient (Wildman–Crippen LogP) is 14.5. The summed E-state index contributed by atoms with van der Waals surface area (Å²) in [6.45, 7) is 4.69. The molecule has 0 amide bonds. The van der Waals surface area contributed by atoms with Crippen LogP contribution in [0.5, 0.6) is 11.5 Å². The molecule has 0 spiro atoms. The van der Waals surface area contributed by atoms with Gasteiger partial charge in [-0.1, -0.05) is 135 Å². The Balaban J connectivity index is 1.10. The molecule has 3 nitrogen and oxygen atoms in total. The highest BCUT2D eigenvalue weighted by atomic mass is 16.5. The summed E-state index contributed by atoms with van der Waals surface area (Å²) in [5.74, 6) is 1.72. The number of ether oxygens (including phenoxy) is 1. The van der Waals surface area contributed by atoms with E-state index in [1.807, 2.05) is 24.3 Å². The van der Waals surface area contributed by atoms with Crippen molar-refractivity contribution in [2.75, 3.05) is 4.90 Å². The SMILES string of the molecule is CC1(C)c2ccccc2-c2ccc(N(c3ccc(-c4cccc5c4oc4ccccc45)cc3)c3ccc4c(c3)-c3ccccc3Oc3ccccc3-4)cc21. The fourth-order valence-electron chi connectivity index (χ4n) is 8.85. The van der Waals surface area contributed by atoms with Crippen molar-refractivity contribution >= 4 is 39.0 Å². The minimum atomic E-state index is -0.128. The molecule has 256 valence electrons. The highest BCUT2D eigenvalue weighted by Crippen LogP contribution is 2.52. The van der Waals surface area contributed by atoms with Gasteiger partial charge in [0.15, 0.2) is 0 Å². The van der Waals surface area contributed by atoms with E-state index in [2.05, 4.69) is 170 Å². The summed E-state index contributed by atoms with van der Waals surface area (Å²) in [4.78, 5) is 2.39. The molecule has 1 aromatic heterocycles. The molecular formula is C51H35NO2. The van der Waals surface area contributed by atoms with Crippen LogP contribution in [0.3, 0.4) is 0 Å². The predicted molar refractivity (Wildman–Crippen MR) is 222 cm³/mol. The number of anilines is 3. The lowest BCUT2D eigenvalue weighted by atomic mass is 9.82. The molecule has 1 aliphatic heterocycles. The summed E-state index contributed by atoms with van der Waals surface area (Å²) in [5.41, 5.74) is 16.9. The van der Waals surface area contributed by atoms with E-state index >= 15 is 0 Å². The topological polar surface area (TPSA) is 25.6 Å². The monoisotopic (exact) mass is 693 g/mol. The van der Waals surface area contributed by atoms with Crippen LogP contribution in [0, 0.1) is 0 Å². The Labute approximate surface area is 314 Å². The third kappa shape index (κ3) is 4.55. The van der Waals surface area contributed by atoms with Crippen LogP contribution >= 0.6 is 0 Å². The Morgan fingerprint density at radius 2 is 0.981 bits per heavy atom. The Hall–Kier alpha value is -6.84. The molecule has 0 bridgehead atoms. The van der Waals surface area contributed by atoms with Gasteiger partial charge in [0.05, 0.1) is 0 Å². The lowest BCUT2D eigenvalue weighted by Gasteiger charge is -2.29. The van der Waals surface area contributed by atoms with Gasteiger partial charge in [-0.15, -0.1) is 0 Å². The normalized spacial score (nSPS) is 13.3. The van der Waals surface area contributed by atoms with Crippen LogP contribution in [0.15, 0.2) is 180 Å². The van der Waals surface area contributed by atoms with Gasteiger partial charge >= 0.3 is 0 Å². The van der Waals surface area contributed by atoms with E-state index in [0.29, 0.717) is 0 Å². The van der Waals surface area contributed by atoms with E-state index in [4.69, 9.17) is 9.15 Å². The van der Waals surface area contributed by atoms with E-state index in [9.17, 15) is 0 Å². The van der Waals surface area contributed by atoms with Crippen LogP contribution in [0.4, 0.5) is 17.1 Å². The maximum Gasteiger partial charge on any atom is 0.143 e. The smallest absolute Gasteiger partial charge is 0.143 e. The first-order chi connectivity index (χ1) is 26.5. The number of fused-ring (bicyclic) bond motifs is 11. The van der Waals surface area contributed by atoms with E-state index in [1.165, 1.54) is 22.3 Å². The second-order valence-electron chi connectivity index (χ2n) is 14.9. The zero-order valence-electron chi connectivity index (χ0n) is 30.0. The second kappa shape index (κ2) is 11.6. The first kappa shape index (κ1) is 30.8. The zero-order chi connectivity index (χ0) is 36.0. The highest BCUT2D eigenvalue weighted by Gasteiger charge is 2.36. The average molecular weight is 694 g/mol. The summed E-state index contributed by atoms with van der Waals surface area (Å²) < 4.78 is 13.0. The molecule has 8 aromatic carbocycles. The average Bonchev–Trinajstić information content (AvgIpc) is 3.65. The first-order valence-corrected chi connectivity index (χ1v) is 18.6. The summed E-state index contributed by atoms with van der Waals surface area (Å²) in [5, 5.41) is 2.27. The van der Waals surface area contributed by atoms with Crippen molar-refractivity contribution in [2.24, 2.45) is 0 Å². The van der Waals surface area contributed by atoms with Gasteiger partial charge in [0.2, 0.25) is 0 Å². The number of hydrogen-bond acceptors (Lipinski definition) is 3. The van der Waals surface area contributed by atoms with Gasteiger partial charge in [0, 0.05) is 49.9 Å². The van der Waals surface area contributed by atoms with E-state index in [-0.39, 0.29) is 5.41 Å². The largest absolute Gasteiger partial charge is 0.456 e. The molecule has 2 aliphatic rings. The minimum absolute atomic E-state index is 0.128. The minimum Gasteiger partial charge on any atom is -0.456 e. The molecule has 0 radical (unpaired) electrons. The van der Waals surface area contributed by atoms with Crippen LogP contribution in [-0.4, -0.2) is 0 Å². The van der Waals surface area contributed by atoms with Crippen molar-refractivity contribution < 1.29 is 9.15 Å². The molecule has 0 fully saturated rings. The summed E-state index contributed by atoms with van der Waals surface area (Å²) in [7, 11) is 0. The van der Waals surface area contributed by atoms with Crippen molar-refractivity contribution in [3.63, 3.8) is 0 Å². The van der Waals surface area contributed by atoms with E-state index < -0.39 is 0 Å². The fraction of sp³-hybridized carbons (Fsp3) is 0.0588. The Kier molecular flexibility index (Phi) is 6.60. The number of nitrogens with zero attached hydrogens (tertiary/aromatic N) is 1. The highest BCUT2D eigenvalue weighted by molar-refractivity contribution is 6.09. The second-order valence-corrected chi connectivity index (χ2v) is 14.9. The standard InChI is InChI=1S/C51H35NO2/c1-51(2)45-18-7-3-12-38(45)39-29-27-35(31-46(39)51)52(33-24-22-32(23-25-33)36-16-11-17-43-41-14-5-10-21-49(41)54-50(36)43)34-26-28-37-40-13-4-8-19-47(40)53-48-20-9-6-15-42(48)44(37)30-34/h3-31H,1-2H3. The maximum atomic E-state index is 6.54. The molecule has 1 aliphatic carbocycles. The molecule has 0 N–H and O–H groups in total. The number of benzene rings is 8. The molecule has 2 heterocycles. The van der Waals surface area contributed by atoms with Gasteiger partial charge < -0.3 is 14.1 Å². The van der Waals surface area contributed by atoms with Gasteiger partial charge in [0.25, 0.3) is 0 Å². The molecule has 0 unspecified atom stereocenters. The van der Waals surface area contributed by atoms with Crippen molar-refractivity contribution in [3.8, 4) is 56.0 Å². The van der Waals surface area contributed by atoms with Gasteiger partial charge in [-0.25, -0.2) is 0 Å². The Morgan fingerprint density at radius 1 is 0.407 bits per heavy atom. The maximum absolute atomic E-state index is 6.54. The number of para-hydroxylation sites is 4. The molecule has 11 rings (SSSR count). The Morgan fingerprint density at radius 3 is 1.78 bits per heavy atom. The molecule has 9 aromatic rings. The summed E-state index contributed by atoms with van der Waals surface area (Å²) in [6.07, 6.45) is 0. The third-order valence-electron chi connectivity index (χ3n) is 11.5. The molecule has 3 heteroatoms. The van der Waals surface area contributed by atoms with Gasteiger partial charge in [-0.05, 0) is 93.5 Å². The van der Waals surface area contributed by atoms with Gasteiger partial charge in [0.1, 0.15) is 22.7 Å². The molecule has 0 saturated heterocycles. The van der Waals surface area contributed by atoms with Crippen LogP contribution in [0.2, 0.25) is 0 Å². The van der Waals surface area contributed by atoms with Gasteiger partial charge in [-0.3, -0.25) is 0 Å². The quantitative estimate of drug-likeness (QED) is 0.183. The van der Waals surface area contributed by atoms with Crippen LogP contribution in [-0.2, 0) is 5.41 Å². The van der Waals surface area contributed by atoms with Crippen LogP contribution in [0.25, 0.3) is 66.4 Å². The van der Waals surface area contributed by atoms with Crippen molar-refractivity contribution in [1.29, 1.82) is 0 Å². The number of rotatable bonds is 4. The Bertz CT molecular complexity index is 2950. The lowest BCUT2D eigenvalue weighted by Crippen LogP contribution is -2.16. The van der Waals surface area contributed by atoms with Crippen LogP contribution < -0.4 is 9.64 Å². The molecule has 0 saturated carbocycles. The van der Waals surface area contributed by atoms with Crippen molar-refractivity contribution in [2.45, 2.75) is 19.3 Å². The molecule has 54 heavy (non-hydrogen) atoms. The number of hydrogen-bond donors (Lipinski definition) is 0. The van der Waals surface area contributed by atoms with Gasteiger partial charge in [-0.2, -0.15) is 0 Å². The summed E-state index contributed by atoms with van der Waals surface area (Å²) >= 11 is 0. The van der Waals surface area contributed by atoms with Crippen molar-refractivity contribution in [3.05, 3.63) is 187 Å². The number of furan rings is 1.